The summed E-state index contributed by atoms with van der Waals surface area (Å²) in [5.41, 5.74) is -0.982. The molecule has 1 unspecified atom stereocenters. The van der Waals surface area contributed by atoms with Crippen LogP contribution >= 0.6 is 11.3 Å². The molecule has 0 amide bonds. The Balaban J connectivity index is 2.03. The van der Waals surface area contributed by atoms with Crippen molar-refractivity contribution in [1.82, 2.24) is 15.5 Å². The minimum absolute atomic E-state index is 0.255. The van der Waals surface area contributed by atoms with E-state index in [1.165, 1.54) is 11.3 Å². The lowest BCUT2D eigenvalue weighted by Crippen LogP contribution is -2.48. The summed E-state index contributed by atoms with van der Waals surface area (Å²) in [5.74, 6) is 0.0154. The van der Waals surface area contributed by atoms with E-state index in [1.54, 1.807) is 6.92 Å². The van der Waals surface area contributed by atoms with Gasteiger partial charge >= 0.3 is 5.97 Å². The Labute approximate surface area is 114 Å². The van der Waals surface area contributed by atoms with Crippen molar-refractivity contribution in [2.45, 2.75) is 32.4 Å². The molecular formula is C12H15N3O3S. The third-order valence-electron chi connectivity index (χ3n) is 3.02. The Kier molecular flexibility index (Phi) is 3.96. The van der Waals surface area contributed by atoms with Crippen LogP contribution < -0.4 is 5.32 Å². The quantitative estimate of drug-likeness (QED) is 0.843. The topological polar surface area (TPSA) is 88.3 Å². The van der Waals surface area contributed by atoms with Crippen LogP contribution in [0.2, 0.25) is 0 Å². The van der Waals surface area contributed by atoms with Crippen molar-refractivity contribution in [2.24, 2.45) is 0 Å². The highest BCUT2D eigenvalue weighted by Crippen LogP contribution is 2.22. The number of rotatable bonds is 6. The van der Waals surface area contributed by atoms with Crippen molar-refractivity contribution in [2.75, 3.05) is 0 Å². The van der Waals surface area contributed by atoms with Gasteiger partial charge in [-0.1, -0.05) is 18.1 Å². The molecule has 1 atom stereocenters. The summed E-state index contributed by atoms with van der Waals surface area (Å²) < 4.78 is 5.13. The Bertz CT molecular complexity index is 552. The van der Waals surface area contributed by atoms with Gasteiger partial charge in [-0.25, -0.2) is 0 Å². The van der Waals surface area contributed by atoms with Crippen molar-refractivity contribution < 1.29 is 14.4 Å². The zero-order valence-electron chi connectivity index (χ0n) is 10.7. The van der Waals surface area contributed by atoms with Crippen LogP contribution in [-0.4, -0.2) is 26.8 Å². The molecule has 0 aliphatic carbocycles. The number of thiophene rings is 1. The van der Waals surface area contributed by atoms with Crippen molar-refractivity contribution >= 4 is 17.3 Å². The SMILES string of the molecule is CCC(C)(NCc1noc(-c2cccs2)n1)C(=O)O. The van der Waals surface area contributed by atoms with Crippen LogP contribution in [0.3, 0.4) is 0 Å². The maximum absolute atomic E-state index is 11.1. The molecule has 2 aromatic rings. The number of aliphatic carboxylic acids is 1. The summed E-state index contributed by atoms with van der Waals surface area (Å²) in [6.07, 6.45) is 0.470. The Morgan fingerprint density at radius 1 is 1.63 bits per heavy atom. The molecule has 0 spiro atoms. The number of nitrogens with one attached hydrogen (secondary N) is 1. The molecule has 0 radical (unpaired) electrons. The van der Waals surface area contributed by atoms with E-state index in [-0.39, 0.29) is 6.54 Å². The molecule has 0 fully saturated rings. The lowest BCUT2D eigenvalue weighted by molar-refractivity contribution is -0.144. The van der Waals surface area contributed by atoms with E-state index in [4.69, 9.17) is 9.63 Å². The third-order valence-corrected chi connectivity index (χ3v) is 3.87. The molecule has 0 aliphatic heterocycles. The molecule has 0 aliphatic rings. The van der Waals surface area contributed by atoms with Crippen LogP contribution in [0.15, 0.2) is 22.0 Å². The molecule has 0 saturated heterocycles. The first-order valence-electron chi connectivity index (χ1n) is 5.90. The molecule has 102 valence electrons. The highest BCUT2D eigenvalue weighted by Gasteiger charge is 2.30. The highest BCUT2D eigenvalue weighted by atomic mass is 32.1. The van der Waals surface area contributed by atoms with Crippen molar-refractivity contribution in [1.29, 1.82) is 0 Å². The van der Waals surface area contributed by atoms with E-state index in [0.717, 1.165) is 4.88 Å². The fourth-order valence-corrected chi connectivity index (χ4v) is 2.10. The lowest BCUT2D eigenvalue weighted by atomic mass is 9.99. The monoisotopic (exact) mass is 281 g/mol. The van der Waals surface area contributed by atoms with E-state index in [9.17, 15) is 4.79 Å². The molecule has 6 nitrogen and oxygen atoms in total. The molecule has 0 bridgehead atoms. The van der Waals surface area contributed by atoms with Gasteiger partial charge in [0, 0.05) is 0 Å². The maximum atomic E-state index is 11.1. The second-order valence-corrected chi connectivity index (χ2v) is 5.29. The minimum atomic E-state index is -0.982. The second-order valence-electron chi connectivity index (χ2n) is 4.34. The van der Waals surface area contributed by atoms with Gasteiger partial charge in [-0.3, -0.25) is 10.1 Å². The number of carbonyl (C=O) groups is 1. The van der Waals surface area contributed by atoms with Crippen molar-refractivity contribution in [3.63, 3.8) is 0 Å². The van der Waals surface area contributed by atoms with E-state index in [2.05, 4.69) is 15.5 Å². The van der Waals surface area contributed by atoms with Gasteiger partial charge in [0.05, 0.1) is 11.4 Å². The predicted octanol–water partition coefficient (Wildman–Crippen LogP) is 2.14. The standard InChI is InChI=1S/C12H15N3O3S/c1-3-12(2,11(16)17)13-7-9-14-10(18-15-9)8-5-4-6-19-8/h4-6,13H,3,7H2,1-2H3,(H,16,17). The molecule has 2 rings (SSSR count). The van der Waals surface area contributed by atoms with Crippen LogP contribution in [-0.2, 0) is 11.3 Å². The summed E-state index contributed by atoms with van der Waals surface area (Å²) in [4.78, 5) is 16.3. The summed E-state index contributed by atoms with van der Waals surface area (Å²) in [5, 5.41) is 17.8. The number of aromatic nitrogens is 2. The first kappa shape index (κ1) is 13.7. The fourth-order valence-electron chi connectivity index (χ4n) is 1.45. The van der Waals surface area contributed by atoms with Gasteiger partial charge in [0.1, 0.15) is 5.54 Å². The molecule has 2 N–H and O–H groups in total. The number of carboxylic acid groups (broad SMARTS) is 1. The van der Waals surface area contributed by atoms with Crippen LogP contribution in [0.1, 0.15) is 26.1 Å². The fraction of sp³-hybridized carbons (Fsp3) is 0.417. The number of hydrogen-bond acceptors (Lipinski definition) is 6. The largest absolute Gasteiger partial charge is 0.480 e. The Morgan fingerprint density at radius 2 is 2.42 bits per heavy atom. The zero-order valence-corrected chi connectivity index (χ0v) is 11.5. The van der Waals surface area contributed by atoms with Gasteiger partial charge in [-0.2, -0.15) is 4.98 Å². The van der Waals surface area contributed by atoms with Gasteiger partial charge < -0.3 is 9.63 Å². The van der Waals surface area contributed by atoms with E-state index in [1.807, 2.05) is 24.4 Å². The number of hydrogen-bond donors (Lipinski definition) is 2. The second kappa shape index (κ2) is 5.50. The number of carboxylic acids is 1. The molecule has 0 aromatic carbocycles. The predicted molar refractivity (Wildman–Crippen MR) is 70.8 cm³/mol. The van der Waals surface area contributed by atoms with Crippen molar-refractivity contribution in [3.05, 3.63) is 23.3 Å². The van der Waals surface area contributed by atoms with Gasteiger partial charge in [0.15, 0.2) is 5.82 Å². The van der Waals surface area contributed by atoms with Crippen molar-refractivity contribution in [3.8, 4) is 10.8 Å². The maximum Gasteiger partial charge on any atom is 0.323 e. The molecule has 7 heteroatoms. The molecule has 0 saturated carbocycles. The van der Waals surface area contributed by atoms with E-state index >= 15 is 0 Å². The summed E-state index contributed by atoms with van der Waals surface area (Å²) in [7, 11) is 0. The molecular weight excluding hydrogens is 266 g/mol. The first-order valence-corrected chi connectivity index (χ1v) is 6.78. The highest BCUT2D eigenvalue weighted by molar-refractivity contribution is 7.13. The van der Waals surface area contributed by atoms with Crippen LogP contribution in [0.5, 0.6) is 0 Å². The Morgan fingerprint density at radius 3 is 3.00 bits per heavy atom. The van der Waals surface area contributed by atoms with Gasteiger partial charge in [0.25, 0.3) is 5.89 Å². The lowest BCUT2D eigenvalue weighted by Gasteiger charge is -2.23. The smallest absolute Gasteiger partial charge is 0.323 e. The van der Waals surface area contributed by atoms with Crippen LogP contribution in [0, 0.1) is 0 Å². The van der Waals surface area contributed by atoms with Gasteiger partial charge in [-0.05, 0) is 24.8 Å². The Hall–Kier alpha value is -1.73. The number of nitrogens with zero attached hydrogens (tertiary/aromatic N) is 2. The normalized spacial score (nSPS) is 14.2. The molecule has 19 heavy (non-hydrogen) atoms. The average Bonchev–Trinajstić information content (AvgIpc) is 3.05. The first-order chi connectivity index (χ1) is 9.05. The summed E-state index contributed by atoms with van der Waals surface area (Å²) >= 11 is 1.51. The van der Waals surface area contributed by atoms with E-state index in [0.29, 0.717) is 18.1 Å². The summed E-state index contributed by atoms with van der Waals surface area (Å²) in [6.45, 7) is 3.70. The van der Waals surface area contributed by atoms with Crippen LogP contribution in [0.4, 0.5) is 0 Å². The average molecular weight is 281 g/mol. The minimum Gasteiger partial charge on any atom is -0.480 e. The molecule has 2 aromatic heterocycles. The summed E-state index contributed by atoms with van der Waals surface area (Å²) in [6, 6.07) is 3.80. The molecule has 2 heterocycles. The van der Waals surface area contributed by atoms with E-state index < -0.39 is 11.5 Å². The zero-order chi connectivity index (χ0) is 13.9. The van der Waals surface area contributed by atoms with Crippen LogP contribution in [0.25, 0.3) is 10.8 Å². The van der Waals surface area contributed by atoms with Gasteiger partial charge in [0.2, 0.25) is 0 Å². The van der Waals surface area contributed by atoms with Gasteiger partial charge in [-0.15, -0.1) is 11.3 Å². The third kappa shape index (κ3) is 2.99.